The van der Waals surface area contributed by atoms with Gasteiger partial charge in [0.1, 0.15) is 15.0 Å². The van der Waals surface area contributed by atoms with E-state index in [0.29, 0.717) is 28.4 Å². The molecule has 1 unspecified atom stereocenters. The predicted octanol–water partition coefficient (Wildman–Crippen LogP) is 5.20. The van der Waals surface area contributed by atoms with Crippen LogP contribution in [0.3, 0.4) is 0 Å². The van der Waals surface area contributed by atoms with Crippen LogP contribution in [0.25, 0.3) is 10.9 Å². The summed E-state index contributed by atoms with van der Waals surface area (Å²) in [5.74, 6) is -0.517. The number of aromatic nitrogens is 1. The Hall–Kier alpha value is -2.18. The quantitative estimate of drug-likeness (QED) is 0.513. The Labute approximate surface area is 178 Å². The number of sulfonamides is 1. The zero-order valence-electron chi connectivity index (χ0n) is 15.5. The Morgan fingerprint density at radius 3 is 2.77 bits per heavy atom. The van der Waals surface area contributed by atoms with Gasteiger partial charge in [0, 0.05) is 16.7 Å². The van der Waals surface area contributed by atoms with Gasteiger partial charge in [0.2, 0.25) is 0 Å². The monoisotopic (exact) mass is 475 g/mol. The molecule has 1 atom stereocenters. The van der Waals surface area contributed by atoms with Gasteiger partial charge >= 0.3 is 6.36 Å². The van der Waals surface area contributed by atoms with Gasteiger partial charge in [0.15, 0.2) is 0 Å². The van der Waals surface area contributed by atoms with E-state index in [0.717, 1.165) is 28.9 Å². The summed E-state index contributed by atoms with van der Waals surface area (Å²) in [6, 6.07) is 6.86. The van der Waals surface area contributed by atoms with Crippen molar-refractivity contribution in [2.75, 3.05) is 11.3 Å². The number of fused-ring (bicyclic) bond motifs is 1. The van der Waals surface area contributed by atoms with Gasteiger partial charge in [-0.25, -0.2) is 8.42 Å². The van der Waals surface area contributed by atoms with Crippen molar-refractivity contribution in [2.45, 2.75) is 29.2 Å². The van der Waals surface area contributed by atoms with Crippen LogP contribution in [-0.4, -0.2) is 36.6 Å². The number of H-pyrrole nitrogens is 1. The largest absolute Gasteiger partial charge is 0.573 e. The molecule has 3 aromatic rings. The molecule has 2 aromatic heterocycles. The van der Waals surface area contributed by atoms with Crippen molar-refractivity contribution in [3.63, 3.8) is 0 Å². The second kappa shape index (κ2) is 7.82. The van der Waals surface area contributed by atoms with Crippen LogP contribution in [-0.2, 0) is 10.0 Å². The van der Waals surface area contributed by atoms with Gasteiger partial charge < -0.3 is 9.72 Å². The molecular weight excluding hydrogens is 459 g/mol. The number of benzene rings is 1. The van der Waals surface area contributed by atoms with Crippen LogP contribution in [0.2, 0.25) is 0 Å². The number of ether oxygens (including phenoxy) is 1. The number of aromatic amines is 1. The number of thiophene rings is 1. The van der Waals surface area contributed by atoms with Gasteiger partial charge in [-0.3, -0.25) is 9.71 Å². The molecule has 0 amide bonds. The normalized spacial score (nSPS) is 17.3. The molecule has 1 aliphatic rings. The molecular formula is C18H16F3N3O3S3. The summed E-state index contributed by atoms with van der Waals surface area (Å²) >= 11 is 2.58. The molecule has 0 radical (unpaired) electrons. The van der Waals surface area contributed by atoms with Gasteiger partial charge in [0.05, 0.1) is 23.4 Å². The number of halogens is 3. The van der Waals surface area contributed by atoms with Gasteiger partial charge in [-0.05, 0) is 30.0 Å². The lowest BCUT2D eigenvalue weighted by Crippen LogP contribution is -2.17. The Morgan fingerprint density at radius 2 is 2.13 bits per heavy atom. The molecule has 12 heteroatoms. The van der Waals surface area contributed by atoms with Gasteiger partial charge in [-0.2, -0.15) is 0 Å². The van der Waals surface area contributed by atoms with Crippen molar-refractivity contribution in [1.29, 1.82) is 0 Å². The second-order valence-corrected chi connectivity index (χ2v) is 10.6. The number of rotatable bonds is 6. The first-order valence-electron chi connectivity index (χ1n) is 8.85. The van der Waals surface area contributed by atoms with Crippen molar-refractivity contribution in [3.05, 3.63) is 41.4 Å². The summed E-state index contributed by atoms with van der Waals surface area (Å²) < 4.78 is 70.1. The van der Waals surface area contributed by atoms with Gasteiger partial charge in [-0.15, -0.1) is 24.5 Å². The molecule has 6 nitrogen and oxygen atoms in total. The Kier molecular flexibility index (Phi) is 5.49. The molecule has 4 rings (SSSR count). The zero-order valence-corrected chi connectivity index (χ0v) is 17.9. The number of thioether (sulfide) groups is 1. The van der Waals surface area contributed by atoms with Crippen molar-refractivity contribution >= 4 is 54.8 Å². The smallest absolute Gasteiger partial charge is 0.406 e. The summed E-state index contributed by atoms with van der Waals surface area (Å²) in [7, 11) is -3.97. The molecule has 160 valence electrons. The highest BCUT2D eigenvalue weighted by Crippen LogP contribution is 2.36. The Morgan fingerprint density at radius 1 is 1.33 bits per heavy atom. The number of hydrogen-bond acceptors (Lipinski definition) is 6. The number of anilines is 1. The maximum Gasteiger partial charge on any atom is 0.573 e. The van der Waals surface area contributed by atoms with Crippen LogP contribution in [0.15, 0.2) is 44.9 Å². The molecule has 0 bridgehead atoms. The van der Waals surface area contributed by atoms with Crippen molar-refractivity contribution in [3.8, 4) is 5.75 Å². The van der Waals surface area contributed by atoms with Crippen LogP contribution in [0.5, 0.6) is 5.75 Å². The standard InChI is InChI=1S/C18H16F3N3O3S3/c1-2-12-9-22-17(29-12)14-7-10-6-11(27-18(19,20)21)8-13(16(10)23-14)24-30(25,26)15-4-3-5-28-15/h3-8,12,23-24H,2,9H2,1H3. The van der Waals surface area contributed by atoms with Crippen LogP contribution in [0.1, 0.15) is 19.0 Å². The Balaban J connectivity index is 1.78. The SMILES string of the molecule is CCC1CN=C(c2cc3cc(OC(F)(F)F)cc(NS(=O)(=O)c4cccs4)c3[nH]2)S1. The first kappa shape index (κ1) is 21.1. The molecule has 0 fully saturated rings. The fourth-order valence-corrected chi connectivity index (χ4v) is 6.07. The van der Waals surface area contributed by atoms with Crippen LogP contribution >= 0.6 is 23.1 Å². The summed E-state index contributed by atoms with van der Waals surface area (Å²) in [6.07, 6.45) is -3.97. The van der Waals surface area contributed by atoms with E-state index < -0.39 is 22.1 Å². The van der Waals surface area contributed by atoms with Crippen molar-refractivity contribution in [2.24, 2.45) is 4.99 Å². The number of nitrogens with one attached hydrogen (secondary N) is 2. The molecule has 30 heavy (non-hydrogen) atoms. The average Bonchev–Trinajstić information content (AvgIpc) is 3.39. The summed E-state index contributed by atoms with van der Waals surface area (Å²) in [5, 5.41) is 3.05. The van der Waals surface area contributed by atoms with E-state index in [-0.39, 0.29) is 9.90 Å². The predicted molar refractivity (Wildman–Crippen MR) is 113 cm³/mol. The van der Waals surface area contributed by atoms with E-state index in [1.807, 2.05) is 0 Å². The number of hydrogen-bond donors (Lipinski definition) is 2. The minimum absolute atomic E-state index is 0.0398. The minimum atomic E-state index is -4.91. The minimum Gasteiger partial charge on any atom is -0.406 e. The lowest BCUT2D eigenvalue weighted by Gasteiger charge is -2.12. The molecule has 0 saturated carbocycles. The van der Waals surface area contributed by atoms with E-state index in [4.69, 9.17) is 0 Å². The van der Waals surface area contributed by atoms with Crippen LogP contribution in [0.4, 0.5) is 18.9 Å². The number of alkyl halides is 3. The fraction of sp³-hybridized carbons (Fsp3) is 0.278. The van der Waals surface area contributed by atoms with E-state index in [2.05, 4.69) is 26.4 Å². The van der Waals surface area contributed by atoms with Crippen LogP contribution < -0.4 is 9.46 Å². The third-order valence-corrected chi connectivity index (χ3v) is 8.49. The van der Waals surface area contributed by atoms with Crippen molar-refractivity contribution in [1.82, 2.24) is 4.98 Å². The van der Waals surface area contributed by atoms with Gasteiger partial charge in [-0.1, -0.05) is 24.8 Å². The lowest BCUT2D eigenvalue weighted by atomic mass is 10.2. The highest BCUT2D eigenvalue weighted by molar-refractivity contribution is 8.15. The molecule has 0 aliphatic carbocycles. The van der Waals surface area contributed by atoms with E-state index in [1.54, 1.807) is 29.3 Å². The summed E-state index contributed by atoms with van der Waals surface area (Å²) in [4.78, 5) is 7.58. The Bertz CT molecular complexity index is 1200. The van der Waals surface area contributed by atoms with Gasteiger partial charge in [0.25, 0.3) is 10.0 Å². The molecule has 2 N–H and O–H groups in total. The van der Waals surface area contributed by atoms with E-state index in [9.17, 15) is 21.6 Å². The molecule has 1 aromatic carbocycles. The highest BCUT2D eigenvalue weighted by Gasteiger charge is 2.32. The van der Waals surface area contributed by atoms with E-state index >= 15 is 0 Å². The molecule has 3 heterocycles. The topological polar surface area (TPSA) is 83.5 Å². The summed E-state index contributed by atoms with van der Waals surface area (Å²) in [6.45, 7) is 2.71. The second-order valence-electron chi connectivity index (χ2n) is 6.50. The van der Waals surface area contributed by atoms with Crippen LogP contribution in [0, 0.1) is 0 Å². The first-order valence-corrected chi connectivity index (χ1v) is 12.1. The highest BCUT2D eigenvalue weighted by atomic mass is 32.2. The zero-order chi connectivity index (χ0) is 21.5. The maximum atomic E-state index is 12.8. The number of aliphatic imine (C=N–C) groups is 1. The maximum absolute atomic E-state index is 12.8. The molecule has 0 saturated heterocycles. The van der Waals surface area contributed by atoms with Crippen molar-refractivity contribution < 1.29 is 26.3 Å². The number of nitrogens with zero attached hydrogens (tertiary/aromatic N) is 1. The third kappa shape index (κ3) is 4.44. The lowest BCUT2D eigenvalue weighted by molar-refractivity contribution is -0.274. The average molecular weight is 476 g/mol. The van der Waals surface area contributed by atoms with E-state index in [1.165, 1.54) is 12.1 Å². The fourth-order valence-electron chi connectivity index (χ4n) is 2.99. The molecule has 0 spiro atoms. The third-order valence-electron chi connectivity index (χ3n) is 4.34. The summed E-state index contributed by atoms with van der Waals surface area (Å²) in [5.41, 5.74) is 0.927. The molecule has 1 aliphatic heterocycles. The first-order chi connectivity index (χ1) is 14.1.